The Morgan fingerprint density at radius 3 is 1.95 bits per heavy atom. The zero-order valence-corrected chi connectivity index (χ0v) is 82.7. The third-order valence-corrected chi connectivity index (χ3v) is 29.5. The van der Waals surface area contributed by atoms with Crippen LogP contribution in [0.3, 0.4) is 0 Å². The number of amides is 11. The van der Waals surface area contributed by atoms with Gasteiger partial charge in [-0.1, -0.05) is 85.6 Å². The minimum atomic E-state index is -2.45. The first kappa shape index (κ1) is 106. The van der Waals surface area contributed by atoms with Gasteiger partial charge in [0.15, 0.2) is 29.9 Å². The number of carbonyl (C=O) groups is 12. The maximum absolute atomic E-state index is 16.4. The predicted octanol–water partition coefficient (Wildman–Crippen LogP) is 2.21. The first-order valence-corrected chi connectivity index (χ1v) is 48.8. The van der Waals surface area contributed by atoms with Crippen LogP contribution in [0, 0.1) is 11.7 Å². The van der Waals surface area contributed by atoms with Gasteiger partial charge in [-0.2, -0.15) is 0 Å². The molecule has 0 aliphatic carbocycles. The van der Waals surface area contributed by atoms with Gasteiger partial charge in [0.1, 0.15) is 130 Å². The fourth-order valence-corrected chi connectivity index (χ4v) is 21.7. The summed E-state index contributed by atoms with van der Waals surface area (Å²) in [5.41, 5.74) is 0.399. The van der Waals surface area contributed by atoms with Crippen molar-refractivity contribution in [3.8, 4) is 57.1 Å². The van der Waals surface area contributed by atoms with Crippen molar-refractivity contribution in [2.24, 2.45) is 11.7 Å². The van der Waals surface area contributed by atoms with Gasteiger partial charge in [0.05, 0.1) is 52.0 Å². The van der Waals surface area contributed by atoms with Crippen LogP contribution in [0.1, 0.15) is 148 Å². The maximum Gasteiger partial charge on any atom is 0.330 e. The smallest absolute Gasteiger partial charge is 0.330 e. The second kappa shape index (κ2) is 42.7. The molecule has 18 rings (SSSR count). The van der Waals surface area contributed by atoms with E-state index in [0.29, 0.717) is 37.4 Å². The Labute approximate surface area is 851 Å². The topological polar surface area (TPSA) is 641 Å². The molecule has 0 spiro atoms. The molecule has 48 heteroatoms. The quantitative estimate of drug-likeness (QED) is 0.0432. The Bertz CT molecular complexity index is 6650. The molecule has 0 saturated carbocycles. The molecular weight excluding hydrogens is 1990 g/mol. The van der Waals surface area contributed by atoms with E-state index < -0.39 is 329 Å². The number of anilines is 1. The number of thioether (sulfide) groups is 1. The number of rotatable bonds is 22. The first-order chi connectivity index (χ1) is 69.7. The molecule has 22 atom stereocenters. The number of hydrogen-bond donors (Lipinski definition) is 21. The molecule has 7 aromatic carbocycles. The number of primary amides is 1. The second-order valence-electron chi connectivity index (χ2n) is 38.4. The first-order valence-electron chi connectivity index (χ1n) is 47.1. The molecular formula is C99H110Cl2FN15O29S. The highest BCUT2D eigenvalue weighted by Crippen LogP contribution is 2.54. The summed E-state index contributed by atoms with van der Waals surface area (Å²) in [5.74, 6) is -21.2. The Hall–Kier alpha value is -13.6. The summed E-state index contributed by atoms with van der Waals surface area (Å²) in [6.07, 6.45) is -20.0. The summed E-state index contributed by atoms with van der Waals surface area (Å²) < 4.78 is 56.2. The molecule has 782 valence electrons. The fourth-order valence-electron chi connectivity index (χ4n) is 19.6. The number of aromatic nitrogens is 1. The summed E-state index contributed by atoms with van der Waals surface area (Å²) >= 11 is 15.5. The van der Waals surface area contributed by atoms with E-state index in [-0.39, 0.29) is 41.0 Å². The third kappa shape index (κ3) is 21.4. The standard InChI is InChI=1S/C99H110Cl2FN15O29S/c1-10-115-38-51(78(125)48-34-54(102)58(36-57(48)115)116-24-22-114(9)23-25-116)85(129)106-69(42-14-12-11-13-15-42)88(132)112-75-94(138)117-83(98(5,6)147-95(75)117)93(137)113-99(7)37-67(141-41(4)84(99)128)145-82-80(127)79(126)65(39-118)144-97(82)146-81-63-30-46-31-64(81)143-62-21-18-45(29-53(62)101)77(124)74-92(136)109-72(96(139)140)50-32-47(119)33-60(121)68(50)49-27-43(16-19-59(49)120)70(89(133)111-74)108-90(134)71(46)107-87(131)56(35-66(103)122)105-91(135)73(110-86(130)55(104-8)26-40(2)3)76(123)44-17-20-61(142-63)52(100)28-44/h11-21,27-34,36,38,40-41,55-56,65,67,69-77,79-80,82-84,95,97,104,118-121,123-124,126-128H,10,22-26,35,37,39H2,1-9H3,(H2,103,122)(H,105,135)(H,106,129)(H,107,131)(H,108,134)(H,109,136)(H,110,130)(H,111,133)(H,112,132)(H,113,137)(H,139,140)/t41?,55-,56+,65?,67?,69?,70?,71-,72+,73-,74+,75?,76-,77-,79?,80?,82?,83?,84?,95?,97?,99?/m1/s1. The van der Waals surface area contributed by atoms with Crippen LogP contribution >= 0.6 is 35.0 Å². The SMILES string of the molecule is CCn1cc(C(=O)NC(C(=O)NC2C(=O)N3C2SC(C)(C)C3C(=O)NC2(C)CC(OC3C(Oc4c5cc6cc4Oc4ccc(cc4Cl)[C@@H](O)[C@@H](NC(=O)[C@@H](CC(C)C)NC)C(=O)N[C@@H](CC(N)=O)C(=O)N[C@H]6C(=O)NC4C(=O)N[C@H](C(=O)N[C@H](C(=O)O)c6cc(O)cc(O)c6-c6cc4ccc6O)[C@H](O)c4ccc(c(Cl)c4)O5)OC(CO)C(O)C3O)OC(C)C2O)c2ccccc2)c(=O)c2cc(F)c(N3CCN(C)CC3)cc21. The van der Waals surface area contributed by atoms with Gasteiger partial charge in [-0.3, -0.25) is 57.5 Å². The predicted molar refractivity (Wildman–Crippen MR) is 521 cm³/mol. The number of nitrogens with two attached hydrogens (primary N) is 1. The van der Waals surface area contributed by atoms with Crippen LogP contribution in [0.25, 0.3) is 22.0 Å². The van der Waals surface area contributed by atoms with Crippen LogP contribution in [-0.4, -0.2) is 284 Å². The van der Waals surface area contributed by atoms with Gasteiger partial charge in [0.25, 0.3) is 5.91 Å². The van der Waals surface area contributed by atoms with E-state index in [2.05, 4.69) is 58.1 Å². The van der Waals surface area contributed by atoms with E-state index in [1.54, 1.807) is 75.6 Å². The number of fused-ring (bicyclic) bond motifs is 17. The minimum Gasteiger partial charge on any atom is -0.508 e. The number of carboxylic acid groups (broad SMARTS) is 1. The molecule has 11 bridgehead atoms. The van der Waals surface area contributed by atoms with Crippen molar-refractivity contribution in [3.63, 3.8) is 0 Å². The number of piperazine rings is 1. The van der Waals surface area contributed by atoms with Crippen molar-refractivity contribution in [1.82, 2.24) is 67.5 Å². The van der Waals surface area contributed by atoms with E-state index in [9.17, 15) is 84.6 Å². The number of hydrogen-bond acceptors (Lipinski definition) is 32. The van der Waals surface area contributed by atoms with E-state index >= 15 is 33.2 Å². The average molecular weight is 2100 g/mol. The number of carboxylic acids is 1. The highest BCUT2D eigenvalue weighted by atomic mass is 35.5. The number of ether oxygens (including phenoxy) is 6. The Morgan fingerprint density at radius 2 is 1.33 bits per heavy atom. The van der Waals surface area contributed by atoms with Gasteiger partial charge >= 0.3 is 5.97 Å². The molecule has 5 fully saturated rings. The number of aliphatic hydroxyl groups excluding tert-OH is 6. The molecule has 10 aliphatic heterocycles. The number of β-lactam (4-membered cyclic amide) rings is 1. The average Bonchev–Trinajstić information content (AvgIpc) is 1.55. The van der Waals surface area contributed by atoms with Crippen LogP contribution in [0.5, 0.6) is 46.0 Å². The Morgan fingerprint density at radius 1 is 0.694 bits per heavy atom. The van der Waals surface area contributed by atoms with Crippen molar-refractivity contribution >= 4 is 123 Å². The van der Waals surface area contributed by atoms with Crippen LogP contribution < -0.4 is 83.4 Å². The number of carbonyl (C=O) groups excluding carboxylic acids is 11. The number of aromatic hydroxyl groups is 3. The summed E-state index contributed by atoms with van der Waals surface area (Å²) in [6.45, 7) is 13.1. The number of nitrogens with zero attached hydrogens (tertiary/aromatic N) is 4. The van der Waals surface area contributed by atoms with E-state index in [4.69, 9.17) is 57.4 Å². The number of phenolic OH excluding ortho intramolecular Hbond substituents is 3. The van der Waals surface area contributed by atoms with Crippen molar-refractivity contribution in [2.45, 2.75) is 212 Å². The monoisotopic (exact) mass is 2090 g/mol. The number of nitrogens with one attached hydrogen (secondary N) is 10. The molecule has 1 aromatic heterocycles. The van der Waals surface area contributed by atoms with Gasteiger partial charge in [-0.15, -0.1) is 11.8 Å². The number of pyridine rings is 1. The molecule has 44 nitrogen and oxygen atoms in total. The molecule has 8 aromatic rings. The minimum absolute atomic E-state index is 0.0802. The van der Waals surface area contributed by atoms with Crippen molar-refractivity contribution < 1.29 is 141 Å². The van der Waals surface area contributed by atoms with Crippen molar-refractivity contribution in [3.05, 3.63) is 193 Å². The number of aryl methyl sites for hydroxylation is 1. The highest BCUT2D eigenvalue weighted by molar-refractivity contribution is 8.01. The summed E-state index contributed by atoms with van der Waals surface area (Å²) in [6, 6.07) is 4.67. The zero-order valence-electron chi connectivity index (χ0n) is 80.3. The highest BCUT2D eigenvalue weighted by Gasteiger charge is 2.65. The van der Waals surface area contributed by atoms with Crippen LogP contribution in [-0.2, 0) is 73.5 Å². The molecule has 147 heavy (non-hydrogen) atoms. The summed E-state index contributed by atoms with van der Waals surface area (Å²) in [4.78, 5) is 198. The lowest BCUT2D eigenvalue weighted by molar-refractivity contribution is -0.334. The van der Waals surface area contributed by atoms with Gasteiger partial charge in [-0.05, 0) is 156 Å². The molecule has 0 radical (unpaired) electrons. The van der Waals surface area contributed by atoms with Gasteiger partial charge in [-0.25, -0.2) is 9.18 Å². The molecule has 14 unspecified atom stereocenters. The number of halogens is 3. The molecule has 10 aliphatic rings. The van der Waals surface area contributed by atoms with Crippen LogP contribution in [0.4, 0.5) is 10.1 Å². The van der Waals surface area contributed by atoms with Crippen LogP contribution in [0.2, 0.25) is 10.0 Å². The summed E-state index contributed by atoms with van der Waals surface area (Å²) in [5, 5.41) is 142. The van der Waals surface area contributed by atoms with E-state index in [1.807, 2.05) is 11.9 Å². The second-order valence-corrected chi connectivity index (χ2v) is 41.0. The molecule has 11 heterocycles. The van der Waals surface area contributed by atoms with E-state index in [0.717, 1.165) is 90.6 Å². The van der Waals surface area contributed by atoms with Crippen molar-refractivity contribution in [2.75, 3.05) is 51.8 Å². The lowest BCUT2D eigenvalue weighted by Crippen LogP contribution is -2.73. The number of benzene rings is 7. The maximum atomic E-state index is 16.4. The number of likely N-dealkylation sites (N-methyl/N-ethyl adjacent to an activating group) is 2. The fraction of sp³-hybridized carbons (Fsp3) is 0.424. The largest absolute Gasteiger partial charge is 0.508 e. The Kier molecular flexibility index (Phi) is 30.8. The van der Waals surface area contributed by atoms with Gasteiger partial charge in [0.2, 0.25) is 76.5 Å². The molecule has 22 N–H and O–H groups in total. The van der Waals surface area contributed by atoms with Gasteiger partial charge < -0.3 is 158 Å². The number of aliphatic carboxylic acids is 1. The summed E-state index contributed by atoms with van der Waals surface area (Å²) in [7, 11) is 3.41. The number of phenols is 3. The van der Waals surface area contributed by atoms with Crippen molar-refractivity contribution in [1.29, 1.82) is 0 Å². The molecule has 11 amide bonds. The third-order valence-electron chi connectivity index (χ3n) is 27.4. The number of aliphatic hydroxyl groups is 6. The van der Waals surface area contributed by atoms with Crippen LogP contribution in [0.15, 0.2) is 132 Å². The Balaban J connectivity index is 0.752. The normalized spacial score (nSPS) is 27.5. The van der Waals surface area contributed by atoms with E-state index in [1.165, 1.54) is 38.1 Å². The molecule has 5 saturated heterocycles. The van der Waals surface area contributed by atoms with Gasteiger partial charge in [0, 0.05) is 78.2 Å². The lowest BCUT2D eigenvalue weighted by Gasteiger charge is -2.49. The zero-order chi connectivity index (χ0) is 106. The lowest BCUT2D eigenvalue weighted by atomic mass is 9.84.